The number of ether oxygens (including phenoxy) is 2. The molecule has 3 rings (SSSR count). The highest BCUT2D eigenvalue weighted by molar-refractivity contribution is 6.42. The number of nitrogens with zero attached hydrogens (tertiary/aromatic N) is 2. The van der Waals surface area contributed by atoms with Gasteiger partial charge in [0.2, 0.25) is 11.8 Å². The number of piperidine rings is 1. The number of allylic oxidation sites excluding steroid dienone is 1. The summed E-state index contributed by atoms with van der Waals surface area (Å²) >= 11 is 12.2. The lowest BCUT2D eigenvalue weighted by molar-refractivity contribution is -0.151. The largest absolute Gasteiger partial charge is 0.466 e. The standard InChI is InChI=1S/C25H30Cl2N2O6/c1-4-34-24(32)16-8-10-28(11-9-16)22(31)14-29-15(3)23(25(33)35-5-2)18(13-21(29)30)17-6-7-19(26)20(27)12-17/h6-7,12,16,18H,4-5,8-11,13-14H2,1-3H3. The zero-order valence-corrected chi connectivity index (χ0v) is 21.7. The number of esters is 2. The van der Waals surface area contributed by atoms with Gasteiger partial charge >= 0.3 is 11.9 Å². The van der Waals surface area contributed by atoms with Crippen molar-refractivity contribution in [3.63, 3.8) is 0 Å². The fourth-order valence-corrected chi connectivity index (χ4v) is 4.86. The first-order valence-electron chi connectivity index (χ1n) is 11.7. The van der Waals surface area contributed by atoms with Gasteiger partial charge in [0.1, 0.15) is 6.54 Å². The molecule has 190 valence electrons. The van der Waals surface area contributed by atoms with Gasteiger partial charge in [-0.05, 0) is 51.3 Å². The third kappa shape index (κ3) is 6.16. The van der Waals surface area contributed by atoms with Gasteiger partial charge in [-0.15, -0.1) is 0 Å². The van der Waals surface area contributed by atoms with Crippen LogP contribution in [-0.4, -0.2) is 66.4 Å². The summed E-state index contributed by atoms with van der Waals surface area (Å²) < 4.78 is 10.4. The number of hydrogen-bond acceptors (Lipinski definition) is 6. The molecule has 0 aromatic heterocycles. The van der Waals surface area contributed by atoms with Gasteiger partial charge in [0, 0.05) is 31.1 Å². The highest BCUT2D eigenvalue weighted by atomic mass is 35.5. The third-order valence-electron chi connectivity index (χ3n) is 6.43. The van der Waals surface area contributed by atoms with Crippen LogP contribution in [0.1, 0.15) is 51.5 Å². The number of halogens is 2. The Morgan fingerprint density at radius 3 is 2.29 bits per heavy atom. The van der Waals surface area contributed by atoms with Crippen LogP contribution in [0.25, 0.3) is 0 Å². The number of carbonyl (C=O) groups is 4. The molecule has 2 amide bonds. The van der Waals surface area contributed by atoms with Crippen molar-refractivity contribution >= 4 is 47.0 Å². The Balaban J connectivity index is 1.81. The molecule has 0 N–H and O–H groups in total. The van der Waals surface area contributed by atoms with Gasteiger partial charge in [-0.1, -0.05) is 29.3 Å². The SMILES string of the molecule is CCOC(=O)C1=C(C)N(CC(=O)N2CCC(C(=O)OCC)CC2)C(=O)CC1c1ccc(Cl)c(Cl)c1. The third-order valence-corrected chi connectivity index (χ3v) is 7.16. The molecule has 0 spiro atoms. The van der Waals surface area contributed by atoms with Crippen molar-refractivity contribution in [2.24, 2.45) is 5.92 Å². The minimum atomic E-state index is -0.567. The topological polar surface area (TPSA) is 93.2 Å². The van der Waals surface area contributed by atoms with Crippen LogP contribution < -0.4 is 0 Å². The molecule has 2 aliphatic rings. The van der Waals surface area contributed by atoms with Crippen LogP contribution in [-0.2, 0) is 28.7 Å². The summed E-state index contributed by atoms with van der Waals surface area (Å²) in [6, 6.07) is 4.99. The Morgan fingerprint density at radius 1 is 1.03 bits per heavy atom. The number of hydrogen-bond donors (Lipinski definition) is 0. The van der Waals surface area contributed by atoms with Gasteiger partial charge in [-0.25, -0.2) is 4.79 Å². The van der Waals surface area contributed by atoms with Crippen LogP contribution in [0.4, 0.5) is 0 Å². The van der Waals surface area contributed by atoms with Gasteiger partial charge < -0.3 is 19.3 Å². The summed E-state index contributed by atoms with van der Waals surface area (Å²) in [5.74, 6) is -2.08. The molecule has 1 saturated heterocycles. The maximum Gasteiger partial charge on any atom is 0.336 e. The van der Waals surface area contributed by atoms with Crippen LogP contribution in [0.15, 0.2) is 29.5 Å². The van der Waals surface area contributed by atoms with Crippen molar-refractivity contribution in [2.45, 2.75) is 46.0 Å². The van der Waals surface area contributed by atoms with Gasteiger partial charge in [-0.3, -0.25) is 14.4 Å². The Hall–Kier alpha value is -2.58. The molecule has 2 aliphatic heterocycles. The van der Waals surface area contributed by atoms with Crippen LogP contribution in [0.5, 0.6) is 0 Å². The van der Waals surface area contributed by atoms with E-state index in [9.17, 15) is 19.2 Å². The highest BCUT2D eigenvalue weighted by Crippen LogP contribution is 2.39. The second-order valence-corrected chi connectivity index (χ2v) is 9.35. The van der Waals surface area contributed by atoms with E-state index in [4.69, 9.17) is 32.7 Å². The molecule has 35 heavy (non-hydrogen) atoms. The monoisotopic (exact) mass is 524 g/mol. The van der Waals surface area contributed by atoms with Crippen molar-refractivity contribution < 1.29 is 28.7 Å². The molecule has 1 fully saturated rings. The first-order valence-corrected chi connectivity index (χ1v) is 12.5. The first kappa shape index (κ1) is 27.0. The predicted octanol–water partition coefficient (Wildman–Crippen LogP) is 3.95. The zero-order valence-electron chi connectivity index (χ0n) is 20.1. The number of carbonyl (C=O) groups excluding carboxylic acids is 4. The lowest BCUT2D eigenvalue weighted by Gasteiger charge is -2.36. The molecule has 8 nitrogen and oxygen atoms in total. The number of rotatable bonds is 7. The van der Waals surface area contributed by atoms with E-state index in [1.165, 1.54) is 4.90 Å². The van der Waals surface area contributed by atoms with Crippen molar-refractivity contribution in [3.05, 3.63) is 45.1 Å². The maximum absolute atomic E-state index is 13.1. The minimum absolute atomic E-state index is 0.0122. The van der Waals surface area contributed by atoms with E-state index in [0.29, 0.717) is 59.4 Å². The summed E-state index contributed by atoms with van der Waals surface area (Å²) in [6.45, 7) is 6.24. The van der Waals surface area contributed by atoms with Crippen molar-refractivity contribution in [3.8, 4) is 0 Å². The molecular formula is C25H30Cl2N2O6. The van der Waals surface area contributed by atoms with Crippen LogP contribution in [0.3, 0.4) is 0 Å². The quantitative estimate of drug-likeness (QED) is 0.501. The highest BCUT2D eigenvalue weighted by Gasteiger charge is 2.38. The molecular weight excluding hydrogens is 495 g/mol. The van der Waals surface area contributed by atoms with E-state index in [1.54, 1.807) is 43.9 Å². The van der Waals surface area contributed by atoms with E-state index >= 15 is 0 Å². The van der Waals surface area contributed by atoms with Gasteiger partial charge in [0.05, 0.1) is 34.8 Å². The summed E-state index contributed by atoms with van der Waals surface area (Å²) in [6.07, 6.45) is 1.02. The molecule has 1 atom stereocenters. The van der Waals surface area contributed by atoms with Gasteiger partial charge in [0.25, 0.3) is 0 Å². The molecule has 0 aliphatic carbocycles. The Kier molecular flexibility index (Phi) is 9.19. The summed E-state index contributed by atoms with van der Waals surface area (Å²) in [7, 11) is 0. The molecule has 1 aromatic carbocycles. The smallest absolute Gasteiger partial charge is 0.336 e. The zero-order chi connectivity index (χ0) is 25.7. The second kappa shape index (κ2) is 11.9. The molecule has 0 radical (unpaired) electrons. The van der Waals surface area contributed by atoms with Gasteiger partial charge in [-0.2, -0.15) is 0 Å². The van der Waals surface area contributed by atoms with Crippen molar-refractivity contribution in [1.82, 2.24) is 9.80 Å². The minimum Gasteiger partial charge on any atom is -0.466 e. The fourth-order valence-electron chi connectivity index (χ4n) is 4.55. The van der Waals surface area contributed by atoms with E-state index in [2.05, 4.69) is 0 Å². The molecule has 1 unspecified atom stereocenters. The van der Waals surface area contributed by atoms with E-state index in [0.717, 1.165) is 0 Å². The molecule has 1 aromatic rings. The fraction of sp³-hybridized carbons (Fsp3) is 0.520. The lowest BCUT2D eigenvalue weighted by atomic mass is 9.83. The predicted molar refractivity (Wildman–Crippen MR) is 131 cm³/mol. The summed E-state index contributed by atoms with van der Waals surface area (Å²) in [4.78, 5) is 54.1. The number of likely N-dealkylation sites (tertiary alicyclic amines) is 1. The average molecular weight is 525 g/mol. The second-order valence-electron chi connectivity index (χ2n) is 8.54. The molecule has 0 saturated carbocycles. The Bertz CT molecular complexity index is 1030. The molecule has 10 heteroatoms. The van der Waals surface area contributed by atoms with Crippen molar-refractivity contribution in [1.29, 1.82) is 0 Å². The molecule has 0 bridgehead atoms. The van der Waals surface area contributed by atoms with E-state index in [-0.39, 0.29) is 43.3 Å². The van der Waals surface area contributed by atoms with Gasteiger partial charge in [0.15, 0.2) is 0 Å². The number of amides is 2. The Labute approximate surface area is 215 Å². The number of benzene rings is 1. The Morgan fingerprint density at radius 2 is 1.69 bits per heavy atom. The summed E-state index contributed by atoms with van der Waals surface area (Å²) in [5.41, 5.74) is 1.37. The van der Waals surface area contributed by atoms with Crippen LogP contribution in [0, 0.1) is 5.92 Å². The van der Waals surface area contributed by atoms with Crippen LogP contribution in [0.2, 0.25) is 10.0 Å². The average Bonchev–Trinajstić information content (AvgIpc) is 2.83. The summed E-state index contributed by atoms with van der Waals surface area (Å²) in [5, 5.41) is 0.691. The maximum atomic E-state index is 13.1. The first-order chi connectivity index (χ1) is 16.7. The lowest BCUT2D eigenvalue weighted by Crippen LogP contribution is -2.48. The van der Waals surface area contributed by atoms with Crippen molar-refractivity contribution in [2.75, 3.05) is 32.8 Å². The molecule has 2 heterocycles. The van der Waals surface area contributed by atoms with Crippen LogP contribution >= 0.6 is 23.2 Å². The van der Waals surface area contributed by atoms with E-state index < -0.39 is 11.9 Å². The van der Waals surface area contributed by atoms with E-state index in [1.807, 2.05) is 0 Å². The normalized spacial score (nSPS) is 19.1.